The molecule has 25 heavy (non-hydrogen) atoms. The van der Waals surface area contributed by atoms with Gasteiger partial charge in [0.1, 0.15) is 0 Å². The summed E-state index contributed by atoms with van der Waals surface area (Å²) in [6, 6.07) is 12.7. The topological polar surface area (TPSA) is 79.9 Å². The molecule has 0 saturated heterocycles. The third kappa shape index (κ3) is 3.00. The first kappa shape index (κ1) is 16.1. The highest BCUT2D eigenvalue weighted by atomic mass is 32.2. The highest BCUT2D eigenvalue weighted by Gasteiger charge is 2.31. The minimum Gasteiger partial charge on any atom is -0.468 e. The number of carbonyl (C=O) groups excluding carboxylic acids is 1. The van der Waals surface area contributed by atoms with Crippen LogP contribution in [0.2, 0.25) is 0 Å². The van der Waals surface area contributed by atoms with Crippen molar-refractivity contribution in [1.82, 2.24) is 5.43 Å². The smallest absolute Gasteiger partial charge is 0.315 e. The Bertz CT molecular complexity index is 850. The Kier molecular flexibility index (Phi) is 4.17. The maximum Gasteiger partial charge on any atom is 0.315 e. The number of anilines is 1. The van der Waals surface area contributed by atoms with Crippen LogP contribution in [0.15, 0.2) is 41.5 Å². The molecule has 0 amide bonds. The Labute approximate surface area is 150 Å². The van der Waals surface area contributed by atoms with Gasteiger partial charge in [-0.25, -0.2) is 0 Å². The predicted molar refractivity (Wildman–Crippen MR) is 101 cm³/mol. The molecule has 0 spiro atoms. The Balaban J connectivity index is 1.71. The molecule has 1 atom stereocenters. The molecule has 3 N–H and O–H groups in total. The molecule has 1 heterocycles. The van der Waals surface area contributed by atoms with E-state index >= 15 is 0 Å². The van der Waals surface area contributed by atoms with Crippen molar-refractivity contribution in [2.75, 3.05) is 17.8 Å². The zero-order valence-electron chi connectivity index (χ0n) is 13.9. The van der Waals surface area contributed by atoms with Crippen LogP contribution in [0.4, 0.5) is 5.69 Å². The highest BCUT2D eigenvalue weighted by molar-refractivity contribution is 8.00. The third-order valence-electron chi connectivity index (χ3n) is 4.57. The number of nitrogens with one attached hydrogen (secondary N) is 1. The van der Waals surface area contributed by atoms with Crippen LogP contribution in [-0.2, 0) is 9.53 Å². The molecular formula is C18H20N4O2S. The lowest BCUT2D eigenvalue weighted by Gasteiger charge is -2.26. The molecule has 1 fully saturated rings. The molecule has 2 aromatic rings. The number of ether oxygens (including phenoxy) is 1. The van der Waals surface area contributed by atoms with Gasteiger partial charge < -0.3 is 10.5 Å². The van der Waals surface area contributed by atoms with Crippen molar-refractivity contribution in [1.29, 1.82) is 0 Å². The molecule has 6 nitrogen and oxygen atoms in total. The summed E-state index contributed by atoms with van der Waals surface area (Å²) in [5.41, 5.74) is 11.3. The molecule has 1 saturated carbocycles. The average molecular weight is 356 g/mol. The lowest BCUT2D eigenvalue weighted by Crippen LogP contribution is -2.42. The summed E-state index contributed by atoms with van der Waals surface area (Å²) < 4.78 is 4.72. The van der Waals surface area contributed by atoms with Gasteiger partial charge in [0.05, 0.1) is 18.6 Å². The molecule has 0 bridgehead atoms. The van der Waals surface area contributed by atoms with Crippen LogP contribution in [0, 0.1) is 0 Å². The maximum absolute atomic E-state index is 11.5. The van der Waals surface area contributed by atoms with E-state index in [0.29, 0.717) is 11.9 Å². The van der Waals surface area contributed by atoms with Gasteiger partial charge in [-0.05, 0) is 35.8 Å². The zero-order valence-corrected chi connectivity index (χ0v) is 14.8. The Morgan fingerprint density at radius 2 is 2.08 bits per heavy atom. The van der Waals surface area contributed by atoms with Crippen LogP contribution in [0.1, 0.15) is 24.3 Å². The summed E-state index contributed by atoms with van der Waals surface area (Å²) >= 11 is 1.40. The van der Waals surface area contributed by atoms with Gasteiger partial charge >= 0.3 is 5.97 Å². The number of guanidine groups is 1. The van der Waals surface area contributed by atoms with Crippen LogP contribution in [0.25, 0.3) is 10.8 Å². The summed E-state index contributed by atoms with van der Waals surface area (Å²) in [7, 11) is 1.39. The van der Waals surface area contributed by atoms with E-state index < -0.39 is 0 Å². The lowest BCUT2D eigenvalue weighted by molar-refractivity contribution is -0.137. The molecule has 7 heteroatoms. The number of nitrogens with zero attached hydrogens (tertiary/aromatic N) is 2. The van der Waals surface area contributed by atoms with Gasteiger partial charge in [0, 0.05) is 5.39 Å². The second kappa shape index (κ2) is 6.48. The first-order chi connectivity index (χ1) is 12.2. The first-order valence-corrected chi connectivity index (χ1v) is 9.32. The van der Waals surface area contributed by atoms with Crippen LogP contribution in [0.3, 0.4) is 0 Å². The molecule has 1 unspecified atom stereocenters. The Morgan fingerprint density at radius 3 is 2.80 bits per heavy atom. The fourth-order valence-corrected chi connectivity index (χ4v) is 4.10. The third-order valence-corrected chi connectivity index (χ3v) is 5.60. The van der Waals surface area contributed by atoms with Crippen molar-refractivity contribution < 1.29 is 9.53 Å². The largest absolute Gasteiger partial charge is 0.468 e. The van der Waals surface area contributed by atoms with E-state index in [0.717, 1.165) is 11.1 Å². The Hall–Kier alpha value is -2.41. The monoisotopic (exact) mass is 356 g/mol. The number of thioether (sulfide) groups is 1. The van der Waals surface area contributed by atoms with E-state index in [1.54, 1.807) is 0 Å². The van der Waals surface area contributed by atoms with E-state index in [2.05, 4.69) is 40.9 Å². The highest BCUT2D eigenvalue weighted by Crippen LogP contribution is 2.45. The SMILES string of the molecule is COC(=O)CSC1NN=C(N)N1c1ccc(C2CC2)c2ccccc12. The van der Waals surface area contributed by atoms with Crippen molar-refractivity contribution in [3.8, 4) is 0 Å². The number of carbonyl (C=O) groups is 1. The van der Waals surface area contributed by atoms with E-state index in [9.17, 15) is 4.79 Å². The summed E-state index contributed by atoms with van der Waals surface area (Å²) in [5, 5.41) is 6.57. The average Bonchev–Trinajstić information content (AvgIpc) is 3.42. The van der Waals surface area contributed by atoms with Gasteiger partial charge in [0.25, 0.3) is 0 Å². The van der Waals surface area contributed by atoms with Gasteiger partial charge in [0.15, 0.2) is 5.50 Å². The minimum atomic E-state index is -0.272. The number of rotatable bonds is 5. The summed E-state index contributed by atoms with van der Waals surface area (Å²) in [4.78, 5) is 13.4. The summed E-state index contributed by atoms with van der Waals surface area (Å²) in [6.07, 6.45) is 2.52. The molecule has 1 aliphatic heterocycles. The standard InChI is InChI=1S/C18H20N4O2S/c1-24-16(23)10-25-18-21-20-17(19)22(18)15-9-8-12(11-6-7-11)13-4-2-3-5-14(13)15/h2-5,8-9,11,18,21H,6-7,10H2,1H3,(H2,19,20). The van der Waals surface area contributed by atoms with Crippen LogP contribution in [0.5, 0.6) is 0 Å². The molecule has 2 aromatic carbocycles. The molecule has 1 aliphatic carbocycles. The van der Waals surface area contributed by atoms with Crippen molar-refractivity contribution in [3.05, 3.63) is 42.0 Å². The maximum atomic E-state index is 11.5. The van der Waals surface area contributed by atoms with E-state index in [1.807, 2.05) is 11.0 Å². The summed E-state index contributed by atoms with van der Waals surface area (Å²) in [5.74, 6) is 1.02. The number of esters is 1. The van der Waals surface area contributed by atoms with Crippen molar-refractivity contribution in [2.45, 2.75) is 24.3 Å². The van der Waals surface area contributed by atoms with Gasteiger partial charge in [-0.1, -0.05) is 30.3 Å². The van der Waals surface area contributed by atoms with Gasteiger partial charge in [-0.15, -0.1) is 16.9 Å². The van der Waals surface area contributed by atoms with E-state index in [4.69, 9.17) is 10.5 Å². The number of fused-ring (bicyclic) bond motifs is 1. The number of hydrogen-bond donors (Lipinski definition) is 2. The molecule has 4 rings (SSSR count). The normalized spacial score (nSPS) is 19.6. The quantitative estimate of drug-likeness (QED) is 0.802. The van der Waals surface area contributed by atoms with Crippen molar-refractivity contribution >= 4 is 40.2 Å². The second-order valence-corrected chi connectivity index (χ2v) is 7.27. The predicted octanol–water partition coefficient (Wildman–Crippen LogP) is 2.55. The van der Waals surface area contributed by atoms with Gasteiger partial charge in [0.2, 0.25) is 5.96 Å². The Morgan fingerprint density at radius 1 is 1.32 bits per heavy atom. The van der Waals surface area contributed by atoms with Crippen molar-refractivity contribution in [2.24, 2.45) is 10.8 Å². The zero-order chi connectivity index (χ0) is 17.4. The van der Waals surface area contributed by atoms with Gasteiger partial charge in [-0.3, -0.25) is 15.1 Å². The summed E-state index contributed by atoms with van der Waals surface area (Å²) in [6.45, 7) is 0. The fraction of sp³-hybridized carbons (Fsp3) is 0.333. The van der Waals surface area contributed by atoms with Crippen LogP contribution >= 0.6 is 11.8 Å². The minimum absolute atomic E-state index is 0.228. The van der Waals surface area contributed by atoms with Gasteiger partial charge in [-0.2, -0.15) is 0 Å². The molecule has 0 radical (unpaired) electrons. The first-order valence-electron chi connectivity index (χ1n) is 8.27. The number of hydrazone groups is 1. The number of nitrogens with two attached hydrogens (primary N) is 1. The number of benzene rings is 2. The second-order valence-electron chi connectivity index (χ2n) is 6.20. The molecule has 0 aromatic heterocycles. The van der Waals surface area contributed by atoms with Crippen LogP contribution in [-0.4, -0.2) is 30.3 Å². The molecule has 130 valence electrons. The number of methoxy groups -OCH3 is 1. The van der Waals surface area contributed by atoms with E-state index in [-0.39, 0.29) is 17.2 Å². The van der Waals surface area contributed by atoms with Crippen molar-refractivity contribution in [3.63, 3.8) is 0 Å². The molecular weight excluding hydrogens is 336 g/mol. The molecule has 2 aliphatic rings. The fourth-order valence-electron chi connectivity index (χ4n) is 3.19. The lowest BCUT2D eigenvalue weighted by atomic mass is 9.99. The number of hydrogen-bond acceptors (Lipinski definition) is 7. The van der Waals surface area contributed by atoms with E-state index in [1.165, 1.54) is 42.7 Å². The van der Waals surface area contributed by atoms with Crippen LogP contribution < -0.4 is 16.1 Å².